The van der Waals surface area contributed by atoms with E-state index in [0.29, 0.717) is 0 Å². The summed E-state index contributed by atoms with van der Waals surface area (Å²) in [6, 6.07) is 4.65. The van der Waals surface area contributed by atoms with Crippen molar-refractivity contribution in [3.63, 3.8) is 0 Å². The van der Waals surface area contributed by atoms with Crippen LogP contribution in [0.25, 0.3) is 0 Å². The number of carbonyl (C=O) groups excluding carboxylic acids is 4. The van der Waals surface area contributed by atoms with Crippen LogP contribution in [-0.4, -0.2) is 34.4 Å². The van der Waals surface area contributed by atoms with Crippen LogP contribution in [0.2, 0.25) is 5.02 Å². The van der Waals surface area contributed by atoms with Gasteiger partial charge in [-0.25, -0.2) is 0 Å². The number of piperidine rings is 1. The van der Waals surface area contributed by atoms with E-state index in [-0.39, 0.29) is 59.6 Å². The minimum atomic E-state index is -3.74. The molecule has 2 aliphatic rings. The van der Waals surface area contributed by atoms with Crippen molar-refractivity contribution in [3.05, 3.63) is 69.7 Å². The monoisotopic (exact) mass is 462 g/mol. The molecule has 0 aromatic heterocycles. The van der Waals surface area contributed by atoms with Crippen LogP contribution in [0.15, 0.2) is 42.4 Å². The molecule has 9 heteroatoms. The molecular formula is C23H19ClF2N2O4. The standard InChI is InChI=1S/C23H19ClF2N2O4/c24-16-5-3-15(4-6-16)23(25,26)19(29)9-2-13-1-7-17-14(11-13)12-28(22(17)32)18-8-10-20(30)27-21(18)31/h1,3-7,11,18H,2,8-10,12H2,(H,27,30,31)/i7D,11D. The third-order valence-electron chi connectivity index (χ3n) is 5.57. The van der Waals surface area contributed by atoms with Gasteiger partial charge in [0.2, 0.25) is 17.6 Å². The van der Waals surface area contributed by atoms with E-state index in [2.05, 4.69) is 5.32 Å². The van der Waals surface area contributed by atoms with Crippen molar-refractivity contribution in [2.75, 3.05) is 0 Å². The largest absolute Gasteiger partial charge is 0.330 e. The van der Waals surface area contributed by atoms with Gasteiger partial charge in [0.1, 0.15) is 6.04 Å². The molecule has 1 atom stereocenters. The van der Waals surface area contributed by atoms with Gasteiger partial charge < -0.3 is 4.90 Å². The summed E-state index contributed by atoms with van der Waals surface area (Å²) in [4.78, 5) is 50.0. The van der Waals surface area contributed by atoms with E-state index < -0.39 is 47.5 Å². The predicted molar refractivity (Wildman–Crippen MR) is 111 cm³/mol. The zero-order valence-corrected chi connectivity index (χ0v) is 17.5. The number of carbonyl (C=O) groups is 4. The lowest BCUT2D eigenvalue weighted by atomic mass is 9.97. The second-order valence-electron chi connectivity index (χ2n) is 7.70. The molecule has 4 rings (SSSR count). The lowest BCUT2D eigenvalue weighted by molar-refractivity contribution is -0.144. The number of hydrogen-bond acceptors (Lipinski definition) is 4. The van der Waals surface area contributed by atoms with Gasteiger partial charge in [0.25, 0.3) is 5.91 Å². The molecule has 2 heterocycles. The van der Waals surface area contributed by atoms with Crippen molar-refractivity contribution in [3.8, 4) is 0 Å². The van der Waals surface area contributed by atoms with Crippen molar-refractivity contribution in [1.82, 2.24) is 10.2 Å². The average Bonchev–Trinajstić information content (AvgIpc) is 3.13. The third kappa shape index (κ3) is 4.14. The number of ketones is 1. The molecule has 0 saturated carbocycles. The van der Waals surface area contributed by atoms with Gasteiger partial charge >= 0.3 is 5.92 Å². The maximum atomic E-state index is 14.6. The molecule has 1 saturated heterocycles. The number of Topliss-reactive ketones (excluding diaryl/α,β-unsaturated/α-hetero) is 1. The first-order valence-corrected chi connectivity index (χ1v) is 10.3. The SMILES string of the molecule is [2H]c1cc(CCC(=O)C(F)(F)c2ccc(Cl)cc2)c([2H])c2c1C(=O)N(C1CCC(=O)NC1=O)C2. The Morgan fingerprint density at radius 2 is 1.94 bits per heavy atom. The quantitative estimate of drug-likeness (QED) is 0.667. The molecule has 2 aliphatic heterocycles. The highest BCUT2D eigenvalue weighted by Gasteiger charge is 2.41. The van der Waals surface area contributed by atoms with Gasteiger partial charge in [-0.3, -0.25) is 24.5 Å². The Morgan fingerprint density at radius 3 is 2.62 bits per heavy atom. The highest BCUT2D eigenvalue weighted by Crippen LogP contribution is 2.32. The molecule has 3 amide bonds. The van der Waals surface area contributed by atoms with Crippen LogP contribution >= 0.6 is 11.6 Å². The van der Waals surface area contributed by atoms with E-state index in [1.807, 2.05) is 0 Å². The number of hydrogen-bond donors (Lipinski definition) is 1. The first-order valence-electron chi connectivity index (χ1n) is 10.9. The number of benzene rings is 2. The Morgan fingerprint density at radius 1 is 1.22 bits per heavy atom. The number of alkyl halides is 2. The zero-order chi connectivity index (χ0) is 24.8. The predicted octanol–water partition coefficient (Wildman–Crippen LogP) is 3.39. The Kier molecular flexibility index (Phi) is 5.15. The number of nitrogens with zero attached hydrogens (tertiary/aromatic N) is 1. The molecule has 2 aromatic carbocycles. The number of fused-ring (bicyclic) bond motifs is 1. The number of imide groups is 1. The fourth-order valence-corrected chi connectivity index (χ4v) is 3.95. The number of aryl methyl sites for hydroxylation is 1. The van der Waals surface area contributed by atoms with Crippen LogP contribution in [-0.2, 0) is 33.3 Å². The number of amides is 3. The second kappa shape index (κ2) is 8.43. The fourth-order valence-electron chi connectivity index (χ4n) is 3.83. The summed E-state index contributed by atoms with van der Waals surface area (Å²) in [5.41, 5.74) is -0.138. The molecule has 0 radical (unpaired) electrons. The van der Waals surface area contributed by atoms with Crippen LogP contribution in [0, 0.1) is 0 Å². The normalized spacial score (nSPS) is 19.4. The van der Waals surface area contributed by atoms with Gasteiger partial charge in [0.15, 0.2) is 0 Å². The van der Waals surface area contributed by atoms with Crippen LogP contribution in [0.4, 0.5) is 8.78 Å². The molecule has 32 heavy (non-hydrogen) atoms. The van der Waals surface area contributed by atoms with Crippen molar-refractivity contribution >= 4 is 35.1 Å². The minimum absolute atomic E-state index is 0.0312. The lowest BCUT2D eigenvalue weighted by Crippen LogP contribution is -2.52. The highest BCUT2D eigenvalue weighted by molar-refractivity contribution is 6.30. The summed E-state index contributed by atoms with van der Waals surface area (Å²) in [6.45, 7) is -0.117. The molecule has 0 bridgehead atoms. The summed E-state index contributed by atoms with van der Waals surface area (Å²) in [6.07, 6.45) is -0.601. The van der Waals surface area contributed by atoms with Gasteiger partial charge in [-0.15, -0.1) is 0 Å². The van der Waals surface area contributed by atoms with Crippen LogP contribution in [0.3, 0.4) is 0 Å². The van der Waals surface area contributed by atoms with Gasteiger partial charge in [-0.05, 0) is 42.1 Å². The molecule has 1 fully saturated rings. The summed E-state index contributed by atoms with van der Waals surface area (Å²) in [5.74, 6) is -6.74. The van der Waals surface area contributed by atoms with Gasteiger partial charge in [0.05, 0.1) is 2.74 Å². The van der Waals surface area contributed by atoms with Crippen LogP contribution < -0.4 is 5.32 Å². The molecule has 6 nitrogen and oxygen atoms in total. The van der Waals surface area contributed by atoms with Gasteiger partial charge in [-0.1, -0.05) is 35.8 Å². The van der Waals surface area contributed by atoms with Crippen molar-refractivity contribution in [2.45, 2.75) is 44.2 Å². The van der Waals surface area contributed by atoms with Crippen LogP contribution in [0.1, 0.15) is 49.1 Å². The summed E-state index contributed by atoms with van der Waals surface area (Å²) in [7, 11) is 0. The van der Waals surface area contributed by atoms with Crippen molar-refractivity contribution in [1.29, 1.82) is 0 Å². The first kappa shape index (κ1) is 19.5. The Hall–Kier alpha value is -3.13. The lowest BCUT2D eigenvalue weighted by Gasteiger charge is -2.29. The van der Waals surface area contributed by atoms with Crippen LogP contribution in [0.5, 0.6) is 0 Å². The van der Waals surface area contributed by atoms with E-state index in [1.165, 1.54) is 23.1 Å². The molecule has 1 N–H and O–H groups in total. The van der Waals surface area contributed by atoms with Crippen molar-refractivity contribution in [2.24, 2.45) is 0 Å². The molecule has 1 unspecified atom stereocenters. The zero-order valence-electron chi connectivity index (χ0n) is 18.7. The topological polar surface area (TPSA) is 83.6 Å². The summed E-state index contributed by atoms with van der Waals surface area (Å²) in [5, 5.41) is 2.43. The van der Waals surface area contributed by atoms with Crippen molar-refractivity contribution < 1.29 is 30.7 Å². The van der Waals surface area contributed by atoms with Gasteiger partial charge in [-0.2, -0.15) is 8.78 Å². The second-order valence-corrected chi connectivity index (χ2v) is 8.13. The number of nitrogens with one attached hydrogen (secondary N) is 1. The summed E-state index contributed by atoms with van der Waals surface area (Å²) >= 11 is 5.71. The smallest absolute Gasteiger partial charge is 0.322 e. The Balaban J connectivity index is 1.53. The van der Waals surface area contributed by atoms with E-state index in [1.54, 1.807) is 0 Å². The third-order valence-corrected chi connectivity index (χ3v) is 5.82. The van der Waals surface area contributed by atoms with E-state index in [9.17, 15) is 28.0 Å². The molecular weight excluding hydrogens is 442 g/mol. The molecule has 166 valence electrons. The summed E-state index contributed by atoms with van der Waals surface area (Å²) < 4.78 is 45.8. The van der Waals surface area contributed by atoms with E-state index >= 15 is 0 Å². The van der Waals surface area contributed by atoms with Gasteiger partial charge in [0, 0.05) is 35.5 Å². The first-order chi connectivity index (χ1) is 16.0. The molecule has 0 spiro atoms. The average molecular weight is 463 g/mol. The highest BCUT2D eigenvalue weighted by atomic mass is 35.5. The maximum Gasteiger partial charge on any atom is 0.330 e. The number of rotatable bonds is 6. The Bertz CT molecular complexity index is 1220. The molecule has 0 aliphatic carbocycles. The molecule has 2 aromatic rings. The van der Waals surface area contributed by atoms with E-state index in [0.717, 1.165) is 12.1 Å². The maximum absolute atomic E-state index is 14.6. The number of halogens is 3. The minimum Gasteiger partial charge on any atom is -0.322 e. The fraction of sp³-hybridized carbons (Fsp3) is 0.304. The Labute approximate surface area is 190 Å². The van der Waals surface area contributed by atoms with E-state index in [4.69, 9.17) is 14.3 Å².